The molecular formula is C16H22Cl2N2O2. The monoisotopic (exact) mass is 344 g/mol. The molecule has 0 aliphatic rings. The number of nitrogens with one attached hydrogen (secondary N) is 2. The van der Waals surface area contributed by atoms with Gasteiger partial charge in [-0.25, -0.2) is 0 Å². The summed E-state index contributed by atoms with van der Waals surface area (Å²) in [6.07, 6.45) is 0.230. The Hall–Kier alpha value is -1.26. The van der Waals surface area contributed by atoms with Crippen LogP contribution in [0.1, 0.15) is 45.7 Å². The maximum atomic E-state index is 11.9. The molecule has 1 rings (SSSR count). The lowest BCUT2D eigenvalue weighted by Crippen LogP contribution is -2.37. The van der Waals surface area contributed by atoms with Crippen LogP contribution in [0.25, 0.3) is 0 Å². The predicted molar refractivity (Wildman–Crippen MR) is 90.1 cm³/mol. The second-order valence-corrected chi connectivity index (χ2v) is 7.03. The molecule has 0 spiro atoms. The summed E-state index contributed by atoms with van der Waals surface area (Å²) < 4.78 is 0. The van der Waals surface area contributed by atoms with E-state index in [0.29, 0.717) is 16.6 Å². The molecule has 0 aliphatic heterocycles. The van der Waals surface area contributed by atoms with Crippen LogP contribution in [0.3, 0.4) is 0 Å². The van der Waals surface area contributed by atoms with Gasteiger partial charge in [0.1, 0.15) is 0 Å². The molecule has 6 heteroatoms. The summed E-state index contributed by atoms with van der Waals surface area (Å²) in [6, 6.07) is 5.07. The number of benzene rings is 1. The van der Waals surface area contributed by atoms with Gasteiger partial charge in [-0.1, -0.05) is 50.0 Å². The van der Waals surface area contributed by atoms with Crippen molar-refractivity contribution in [3.05, 3.63) is 33.8 Å². The van der Waals surface area contributed by atoms with Gasteiger partial charge in [-0.05, 0) is 24.6 Å². The maximum Gasteiger partial charge on any atom is 0.225 e. The molecule has 1 atom stereocenters. The molecule has 0 saturated heterocycles. The van der Waals surface area contributed by atoms with Crippen LogP contribution in [-0.4, -0.2) is 18.4 Å². The van der Waals surface area contributed by atoms with Crippen LogP contribution in [0.2, 0.25) is 10.0 Å². The third-order valence-electron chi connectivity index (χ3n) is 3.14. The van der Waals surface area contributed by atoms with Gasteiger partial charge in [0.15, 0.2) is 0 Å². The zero-order valence-electron chi connectivity index (χ0n) is 13.3. The molecule has 0 fully saturated rings. The molecule has 1 unspecified atom stereocenters. The van der Waals surface area contributed by atoms with E-state index in [1.54, 1.807) is 12.1 Å². The summed E-state index contributed by atoms with van der Waals surface area (Å²) in [4.78, 5) is 23.6. The number of hydrogen-bond acceptors (Lipinski definition) is 2. The van der Waals surface area contributed by atoms with Crippen molar-refractivity contribution in [1.82, 2.24) is 10.6 Å². The highest BCUT2D eigenvalue weighted by atomic mass is 35.5. The van der Waals surface area contributed by atoms with Crippen molar-refractivity contribution in [1.29, 1.82) is 0 Å². The van der Waals surface area contributed by atoms with Crippen LogP contribution in [0, 0.1) is 5.41 Å². The Morgan fingerprint density at radius 2 is 1.82 bits per heavy atom. The Bertz CT molecular complexity index is 554. The summed E-state index contributed by atoms with van der Waals surface area (Å²) in [7, 11) is 0. The number of carbonyl (C=O) groups is 2. The van der Waals surface area contributed by atoms with Crippen LogP contribution in [0.5, 0.6) is 0 Å². The van der Waals surface area contributed by atoms with E-state index in [2.05, 4.69) is 10.6 Å². The van der Waals surface area contributed by atoms with Gasteiger partial charge < -0.3 is 10.6 Å². The summed E-state index contributed by atoms with van der Waals surface area (Å²) in [5.41, 5.74) is 0.422. The minimum atomic E-state index is -0.455. The van der Waals surface area contributed by atoms with Gasteiger partial charge in [-0.3, -0.25) is 9.59 Å². The first-order valence-corrected chi connectivity index (χ1v) is 7.89. The molecule has 1 aromatic rings. The van der Waals surface area contributed by atoms with E-state index < -0.39 is 5.41 Å². The van der Waals surface area contributed by atoms with E-state index in [1.807, 2.05) is 33.8 Å². The Morgan fingerprint density at radius 1 is 1.18 bits per heavy atom. The lowest BCUT2D eigenvalue weighted by molar-refractivity contribution is -0.128. The molecule has 1 aromatic carbocycles. The Balaban J connectivity index is 2.44. The average Bonchev–Trinajstić information content (AvgIpc) is 2.40. The van der Waals surface area contributed by atoms with Gasteiger partial charge in [0, 0.05) is 18.4 Å². The SMILES string of the molecule is CC(NC(=O)CCNC(=O)C(C)(C)C)c1ccc(Cl)c(Cl)c1. The third kappa shape index (κ3) is 5.85. The summed E-state index contributed by atoms with van der Waals surface area (Å²) in [5, 5.41) is 6.54. The van der Waals surface area contributed by atoms with Crippen molar-refractivity contribution < 1.29 is 9.59 Å². The van der Waals surface area contributed by atoms with Crippen LogP contribution >= 0.6 is 23.2 Å². The van der Waals surface area contributed by atoms with Crippen molar-refractivity contribution in [2.45, 2.75) is 40.2 Å². The molecular weight excluding hydrogens is 323 g/mol. The predicted octanol–water partition coefficient (Wildman–Crippen LogP) is 3.72. The van der Waals surface area contributed by atoms with E-state index in [4.69, 9.17) is 23.2 Å². The molecule has 122 valence electrons. The number of hydrogen-bond donors (Lipinski definition) is 2. The fourth-order valence-electron chi connectivity index (χ4n) is 1.73. The molecule has 0 heterocycles. The lowest BCUT2D eigenvalue weighted by Gasteiger charge is -2.18. The van der Waals surface area contributed by atoms with Crippen LogP contribution < -0.4 is 10.6 Å². The lowest BCUT2D eigenvalue weighted by atomic mass is 9.96. The fourth-order valence-corrected chi connectivity index (χ4v) is 2.04. The van der Waals surface area contributed by atoms with Gasteiger partial charge in [0.2, 0.25) is 11.8 Å². The zero-order valence-corrected chi connectivity index (χ0v) is 14.8. The molecule has 2 N–H and O–H groups in total. The van der Waals surface area contributed by atoms with Crippen LogP contribution in [0.4, 0.5) is 0 Å². The van der Waals surface area contributed by atoms with E-state index in [1.165, 1.54) is 0 Å². The van der Waals surface area contributed by atoms with Crippen LogP contribution in [-0.2, 0) is 9.59 Å². The van der Waals surface area contributed by atoms with Crippen molar-refractivity contribution >= 4 is 35.0 Å². The van der Waals surface area contributed by atoms with E-state index >= 15 is 0 Å². The maximum absolute atomic E-state index is 11.9. The number of amides is 2. The van der Waals surface area contributed by atoms with Crippen LogP contribution in [0.15, 0.2) is 18.2 Å². The normalized spacial score (nSPS) is 12.6. The van der Waals surface area contributed by atoms with Crippen molar-refractivity contribution in [3.8, 4) is 0 Å². The van der Waals surface area contributed by atoms with Gasteiger partial charge in [0.05, 0.1) is 16.1 Å². The minimum Gasteiger partial charge on any atom is -0.355 e. The molecule has 0 bridgehead atoms. The fraction of sp³-hybridized carbons (Fsp3) is 0.500. The van der Waals surface area contributed by atoms with E-state index in [9.17, 15) is 9.59 Å². The van der Waals surface area contributed by atoms with Crippen molar-refractivity contribution in [3.63, 3.8) is 0 Å². The summed E-state index contributed by atoms with van der Waals surface area (Å²) in [5.74, 6) is -0.203. The minimum absolute atomic E-state index is 0.0715. The van der Waals surface area contributed by atoms with E-state index in [0.717, 1.165) is 5.56 Å². The summed E-state index contributed by atoms with van der Waals surface area (Å²) >= 11 is 11.8. The highest BCUT2D eigenvalue weighted by molar-refractivity contribution is 6.42. The van der Waals surface area contributed by atoms with Gasteiger partial charge >= 0.3 is 0 Å². The third-order valence-corrected chi connectivity index (χ3v) is 3.88. The quantitative estimate of drug-likeness (QED) is 0.854. The second-order valence-electron chi connectivity index (χ2n) is 6.22. The highest BCUT2D eigenvalue weighted by Gasteiger charge is 2.20. The number of halogens is 2. The average molecular weight is 345 g/mol. The molecule has 0 saturated carbocycles. The smallest absolute Gasteiger partial charge is 0.225 e. The molecule has 0 aromatic heterocycles. The number of carbonyl (C=O) groups excluding carboxylic acids is 2. The number of rotatable bonds is 5. The first-order valence-electron chi connectivity index (χ1n) is 7.14. The standard InChI is InChI=1S/C16H22Cl2N2O2/c1-10(11-5-6-12(17)13(18)9-11)20-14(21)7-8-19-15(22)16(2,3)4/h5-6,9-10H,7-8H2,1-4H3,(H,19,22)(H,20,21). The van der Waals surface area contributed by atoms with Crippen molar-refractivity contribution in [2.75, 3.05) is 6.54 Å². The van der Waals surface area contributed by atoms with E-state index in [-0.39, 0.29) is 24.3 Å². The first-order chi connectivity index (χ1) is 10.1. The second kappa shape index (κ2) is 7.84. The van der Waals surface area contributed by atoms with Gasteiger partial charge in [-0.15, -0.1) is 0 Å². The molecule has 0 radical (unpaired) electrons. The highest BCUT2D eigenvalue weighted by Crippen LogP contribution is 2.25. The topological polar surface area (TPSA) is 58.2 Å². The molecule has 0 aliphatic carbocycles. The Labute approximate surface area is 141 Å². The largest absolute Gasteiger partial charge is 0.355 e. The van der Waals surface area contributed by atoms with Gasteiger partial charge in [-0.2, -0.15) is 0 Å². The Kier molecular flexibility index (Phi) is 6.69. The Morgan fingerprint density at radius 3 is 2.36 bits per heavy atom. The molecule has 2 amide bonds. The first kappa shape index (κ1) is 18.8. The molecule has 4 nitrogen and oxygen atoms in total. The summed E-state index contributed by atoms with van der Waals surface area (Å²) in [6.45, 7) is 7.67. The molecule has 22 heavy (non-hydrogen) atoms. The zero-order chi connectivity index (χ0) is 16.9. The van der Waals surface area contributed by atoms with Gasteiger partial charge in [0.25, 0.3) is 0 Å². The van der Waals surface area contributed by atoms with Crippen molar-refractivity contribution in [2.24, 2.45) is 5.41 Å².